The van der Waals surface area contributed by atoms with Crippen LogP contribution in [0.15, 0.2) is 18.2 Å². The van der Waals surface area contributed by atoms with Crippen molar-refractivity contribution in [2.75, 3.05) is 33.2 Å². The number of benzene rings is 1. The number of carbonyl (C=O) groups excluding carboxylic acids is 2. The van der Waals surface area contributed by atoms with Crippen LogP contribution in [-0.4, -0.2) is 77.9 Å². The number of hydrogen-bond acceptors (Lipinski definition) is 4. The van der Waals surface area contributed by atoms with E-state index in [1.807, 2.05) is 4.90 Å². The minimum absolute atomic E-state index is 0.0520. The molecular weight excluding hydrogens is 337 g/mol. The molecule has 3 heterocycles. The molecule has 0 bridgehead atoms. The summed E-state index contributed by atoms with van der Waals surface area (Å²) < 4.78 is 19.7. The Kier molecular flexibility index (Phi) is 4.34. The maximum atomic E-state index is 13.6. The van der Waals surface area contributed by atoms with E-state index < -0.39 is 5.82 Å². The summed E-state index contributed by atoms with van der Waals surface area (Å²) in [5.41, 5.74) is 0.421. The third kappa shape index (κ3) is 2.94. The van der Waals surface area contributed by atoms with Gasteiger partial charge in [0.1, 0.15) is 17.7 Å². The van der Waals surface area contributed by atoms with Crippen molar-refractivity contribution in [3.05, 3.63) is 29.6 Å². The second-order valence-corrected chi connectivity index (χ2v) is 7.47. The molecule has 0 saturated carbocycles. The van der Waals surface area contributed by atoms with Crippen LogP contribution in [0.4, 0.5) is 4.39 Å². The molecule has 0 aliphatic carbocycles. The Bertz CT molecular complexity index is 733. The van der Waals surface area contributed by atoms with Crippen molar-refractivity contribution in [2.24, 2.45) is 0 Å². The van der Waals surface area contributed by atoms with Gasteiger partial charge in [0.15, 0.2) is 0 Å². The molecule has 3 aliphatic heterocycles. The van der Waals surface area contributed by atoms with Gasteiger partial charge in [-0.1, -0.05) is 0 Å². The number of likely N-dealkylation sites (N-methyl/N-ethyl adjacent to an activating group) is 1. The lowest BCUT2D eigenvalue weighted by Crippen LogP contribution is -2.47. The van der Waals surface area contributed by atoms with Gasteiger partial charge in [0.2, 0.25) is 5.91 Å². The average molecular weight is 361 g/mol. The van der Waals surface area contributed by atoms with E-state index in [4.69, 9.17) is 4.74 Å². The summed E-state index contributed by atoms with van der Waals surface area (Å²) >= 11 is 0. The van der Waals surface area contributed by atoms with Gasteiger partial charge in [0.25, 0.3) is 5.91 Å². The number of amides is 2. The van der Waals surface area contributed by atoms with Crippen LogP contribution >= 0.6 is 0 Å². The molecule has 0 radical (unpaired) electrons. The lowest BCUT2D eigenvalue weighted by molar-refractivity contribution is -0.130. The molecule has 1 aromatic rings. The average Bonchev–Trinajstić information content (AvgIpc) is 3.01. The fraction of sp³-hybridized carbons (Fsp3) is 0.579. The molecule has 0 aromatic heterocycles. The van der Waals surface area contributed by atoms with Crippen molar-refractivity contribution in [1.82, 2.24) is 14.7 Å². The summed E-state index contributed by atoms with van der Waals surface area (Å²) in [6.45, 7) is 4.61. The first-order valence-corrected chi connectivity index (χ1v) is 9.17. The summed E-state index contributed by atoms with van der Waals surface area (Å²) in [6.07, 6.45) is 1.70. The van der Waals surface area contributed by atoms with Gasteiger partial charge in [-0.05, 0) is 25.0 Å². The van der Waals surface area contributed by atoms with Crippen molar-refractivity contribution in [3.63, 3.8) is 0 Å². The first-order valence-electron chi connectivity index (χ1n) is 9.17. The van der Waals surface area contributed by atoms with Crippen molar-refractivity contribution in [2.45, 2.75) is 38.0 Å². The van der Waals surface area contributed by atoms with Crippen LogP contribution in [0.5, 0.6) is 5.75 Å². The number of halogens is 1. The lowest BCUT2D eigenvalue weighted by atomic mass is 10.0. The number of ether oxygens (including phenoxy) is 1. The molecule has 1 aromatic carbocycles. The monoisotopic (exact) mass is 361 g/mol. The molecule has 6 nitrogen and oxygen atoms in total. The van der Waals surface area contributed by atoms with E-state index in [1.165, 1.54) is 18.2 Å². The first kappa shape index (κ1) is 17.3. The highest BCUT2D eigenvalue weighted by Gasteiger charge is 2.44. The molecule has 2 fully saturated rings. The topological polar surface area (TPSA) is 53.1 Å². The Morgan fingerprint density at radius 3 is 2.65 bits per heavy atom. The zero-order chi connectivity index (χ0) is 18.4. The second kappa shape index (κ2) is 6.54. The highest BCUT2D eigenvalue weighted by molar-refractivity contribution is 5.97. The molecule has 0 unspecified atom stereocenters. The van der Waals surface area contributed by atoms with Crippen LogP contribution in [0.2, 0.25) is 0 Å². The number of likely N-dealkylation sites (tertiary alicyclic amines) is 2. The summed E-state index contributed by atoms with van der Waals surface area (Å²) in [5.74, 6) is -0.0604. The Balaban J connectivity index is 1.50. The van der Waals surface area contributed by atoms with Gasteiger partial charge in [-0.15, -0.1) is 0 Å². The van der Waals surface area contributed by atoms with Gasteiger partial charge in [-0.2, -0.15) is 0 Å². The summed E-state index contributed by atoms with van der Waals surface area (Å²) in [7, 11) is 1.80. The zero-order valence-electron chi connectivity index (χ0n) is 15.2. The lowest BCUT2D eigenvalue weighted by Gasteiger charge is -2.36. The Labute approximate surface area is 152 Å². The number of nitrogens with zero attached hydrogens (tertiary/aromatic N) is 3. The SMILES string of the molecule is CC(=O)N1CCC(N2C[C@@H]3Oc4cc(F)ccc4C(=O)N(C)[C@@H]3C2)CC1. The Hall–Kier alpha value is -2.15. The number of hydrogen-bond donors (Lipinski definition) is 0. The molecule has 0 N–H and O–H groups in total. The Morgan fingerprint density at radius 1 is 1.23 bits per heavy atom. The minimum atomic E-state index is -0.399. The van der Waals surface area contributed by atoms with Crippen molar-refractivity contribution in [1.29, 1.82) is 0 Å². The fourth-order valence-electron chi connectivity index (χ4n) is 4.39. The highest BCUT2D eigenvalue weighted by atomic mass is 19.1. The van der Waals surface area contributed by atoms with Crippen molar-refractivity contribution < 1.29 is 18.7 Å². The van der Waals surface area contributed by atoms with E-state index in [9.17, 15) is 14.0 Å². The number of piperidine rings is 1. The maximum Gasteiger partial charge on any atom is 0.257 e. The smallest absolute Gasteiger partial charge is 0.257 e. The van der Waals surface area contributed by atoms with Crippen LogP contribution in [0.1, 0.15) is 30.1 Å². The first-order chi connectivity index (χ1) is 12.4. The van der Waals surface area contributed by atoms with Gasteiger partial charge in [-0.25, -0.2) is 4.39 Å². The van der Waals surface area contributed by atoms with Crippen LogP contribution in [0.3, 0.4) is 0 Å². The van der Waals surface area contributed by atoms with E-state index in [0.717, 1.165) is 32.5 Å². The summed E-state index contributed by atoms with van der Waals surface area (Å²) in [5, 5.41) is 0. The van der Waals surface area contributed by atoms with Crippen molar-refractivity contribution in [3.8, 4) is 5.75 Å². The standard InChI is InChI=1S/C19H24FN3O3/c1-12(24)22-7-5-14(6-8-22)23-10-16-18(11-23)26-17-9-13(20)3-4-15(17)19(25)21(16)2/h3-4,9,14,16,18H,5-8,10-11H2,1-2H3/t16-,18+/m1/s1. The van der Waals surface area contributed by atoms with E-state index in [2.05, 4.69) is 4.90 Å². The normalized spacial score (nSPS) is 27.0. The van der Waals surface area contributed by atoms with Gasteiger partial charge < -0.3 is 14.5 Å². The van der Waals surface area contributed by atoms with E-state index >= 15 is 0 Å². The molecule has 26 heavy (non-hydrogen) atoms. The molecule has 2 amide bonds. The van der Waals surface area contributed by atoms with Gasteiger partial charge in [0, 0.05) is 52.3 Å². The van der Waals surface area contributed by atoms with Crippen LogP contribution in [0, 0.1) is 5.82 Å². The maximum absolute atomic E-state index is 13.6. The van der Waals surface area contributed by atoms with Crippen LogP contribution < -0.4 is 4.74 Å². The molecule has 3 aliphatic rings. The third-order valence-corrected chi connectivity index (χ3v) is 5.96. The van der Waals surface area contributed by atoms with Gasteiger partial charge in [-0.3, -0.25) is 14.5 Å². The van der Waals surface area contributed by atoms with E-state index in [1.54, 1.807) is 18.9 Å². The molecule has 2 atom stereocenters. The van der Waals surface area contributed by atoms with Gasteiger partial charge in [0.05, 0.1) is 11.6 Å². The fourth-order valence-corrected chi connectivity index (χ4v) is 4.39. The predicted molar refractivity (Wildman–Crippen MR) is 93.5 cm³/mol. The molecular formula is C19H24FN3O3. The van der Waals surface area contributed by atoms with Crippen molar-refractivity contribution >= 4 is 11.8 Å². The minimum Gasteiger partial charge on any atom is -0.486 e. The molecule has 0 spiro atoms. The summed E-state index contributed by atoms with van der Waals surface area (Å²) in [4.78, 5) is 30.2. The quantitative estimate of drug-likeness (QED) is 0.758. The number of carbonyl (C=O) groups is 2. The molecule has 4 rings (SSSR count). The molecule has 140 valence electrons. The predicted octanol–water partition coefficient (Wildman–Crippen LogP) is 1.35. The van der Waals surface area contributed by atoms with E-state index in [-0.39, 0.29) is 24.0 Å². The van der Waals surface area contributed by atoms with Crippen LogP contribution in [-0.2, 0) is 4.79 Å². The number of fused-ring (bicyclic) bond motifs is 2. The third-order valence-electron chi connectivity index (χ3n) is 5.96. The highest BCUT2D eigenvalue weighted by Crippen LogP contribution is 2.33. The number of rotatable bonds is 1. The molecule has 2 saturated heterocycles. The summed E-state index contributed by atoms with van der Waals surface area (Å²) in [6, 6.07) is 4.43. The zero-order valence-corrected chi connectivity index (χ0v) is 15.2. The van der Waals surface area contributed by atoms with Crippen LogP contribution in [0.25, 0.3) is 0 Å². The van der Waals surface area contributed by atoms with E-state index in [0.29, 0.717) is 23.9 Å². The van der Waals surface area contributed by atoms with Gasteiger partial charge >= 0.3 is 0 Å². The second-order valence-electron chi connectivity index (χ2n) is 7.47. The largest absolute Gasteiger partial charge is 0.486 e. The molecule has 7 heteroatoms. The Morgan fingerprint density at radius 2 is 1.96 bits per heavy atom.